The van der Waals surface area contributed by atoms with E-state index >= 15 is 0 Å². The highest BCUT2D eigenvalue weighted by Gasteiger charge is 2.04. The molecule has 1 aromatic carbocycles. The minimum absolute atomic E-state index is 1.09. The summed E-state index contributed by atoms with van der Waals surface area (Å²) in [4.78, 5) is 5.57. The third-order valence-corrected chi connectivity index (χ3v) is 3.84. The second-order valence-electron chi connectivity index (χ2n) is 3.02. The SMILES string of the molecule is c1ccc2sc(-c3cscn3)cc2c1. The van der Waals surface area contributed by atoms with Crippen LogP contribution in [-0.2, 0) is 0 Å². The van der Waals surface area contributed by atoms with Crippen LogP contribution in [0.3, 0.4) is 0 Å². The van der Waals surface area contributed by atoms with E-state index in [0.717, 1.165) is 5.69 Å². The summed E-state index contributed by atoms with van der Waals surface area (Å²) in [6.45, 7) is 0. The molecule has 3 rings (SSSR count). The first-order valence-corrected chi connectivity index (χ1v) is 6.06. The van der Waals surface area contributed by atoms with Gasteiger partial charge in [0, 0.05) is 10.1 Å². The van der Waals surface area contributed by atoms with E-state index in [0.29, 0.717) is 0 Å². The van der Waals surface area contributed by atoms with Crippen LogP contribution in [0.4, 0.5) is 0 Å². The summed E-state index contributed by atoms with van der Waals surface area (Å²) in [7, 11) is 0. The average molecular weight is 217 g/mol. The van der Waals surface area contributed by atoms with E-state index in [-0.39, 0.29) is 0 Å². The molecule has 2 aromatic heterocycles. The highest BCUT2D eigenvalue weighted by atomic mass is 32.1. The minimum atomic E-state index is 1.09. The fraction of sp³-hybridized carbons (Fsp3) is 0. The lowest BCUT2D eigenvalue weighted by Gasteiger charge is -1.84. The Hall–Kier alpha value is -1.19. The molecule has 0 aliphatic heterocycles. The zero-order chi connectivity index (χ0) is 9.38. The molecule has 0 N–H and O–H groups in total. The molecule has 3 heteroatoms. The summed E-state index contributed by atoms with van der Waals surface area (Å²) >= 11 is 3.44. The van der Waals surface area contributed by atoms with E-state index in [9.17, 15) is 0 Å². The van der Waals surface area contributed by atoms with Gasteiger partial charge in [-0.25, -0.2) is 4.98 Å². The van der Waals surface area contributed by atoms with Crippen LogP contribution >= 0.6 is 22.7 Å². The Morgan fingerprint density at radius 1 is 1.14 bits per heavy atom. The van der Waals surface area contributed by atoms with Gasteiger partial charge in [-0.05, 0) is 17.5 Å². The van der Waals surface area contributed by atoms with Crippen molar-refractivity contribution in [2.75, 3.05) is 0 Å². The lowest BCUT2D eigenvalue weighted by Crippen LogP contribution is -1.66. The first-order valence-electron chi connectivity index (χ1n) is 4.30. The lowest BCUT2D eigenvalue weighted by molar-refractivity contribution is 1.43. The number of hydrogen-bond donors (Lipinski definition) is 0. The molecular formula is C11H7NS2. The fourth-order valence-corrected chi connectivity index (χ4v) is 3.10. The largest absolute Gasteiger partial charge is 0.244 e. The van der Waals surface area contributed by atoms with Crippen LogP contribution in [0.25, 0.3) is 20.7 Å². The summed E-state index contributed by atoms with van der Waals surface area (Å²) in [6.07, 6.45) is 0. The van der Waals surface area contributed by atoms with Gasteiger partial charge in [-0.2, -0.15) is 0 Å². The van der Waals surface area contributed by atoms with E-state index in [1.165, 1.54) is 15.0 Å². The molecule has 14 heavy (non-hydrogen) atoms. The average Bonchev–Trinajstić information content (AvgIpc) is 2.86. The number of hydrogen-bond acceptors (Lipinski definition) is 3. The van der Waals surface area contributed by atoms with E-state index in [1.807, 2.05) is 5.51 Å². The highest BCUT2D eigenvalue weighted by molar-refractivity contribution is 7.22. The number of rotatable bonds is 1. The number of aromatic nitrogens is 1. The highest BCUT2D eigenvalue weighted by Crippen LogP contribution is 2.32. The number of nitrogens with zero attached hydrogens (tertiary/aromatic N) is 1. The van der Waals surface area contributed by atoms with Crippen LogP contribution in [0.1, 0.15) is 0 Å². The summed E-state index contributed by atoms with van der Waals surface area (Å²) in [5, 5.41) is 3.39. The molecule has 0 aliphatic rings. The molecule has 0 saturated carbocycles. The van der Waals surface area contributed by atoms with Crippen molar-refractivity contribution in [1.29, 1.82) is 0 Å². The maximum atomic E-state index is 4.31. The molecule has 0 spiro atoms. The van der Waals surface area contributed by atoms with Gasteiger partial charge in [-0.1, -0.05) is 18.2 Å². The first-order chi connectivity index (χ1) is 6.93. The van der Waals surface area contributed by atoms with Gasteiger partial charge in [0.15, 0.2) is 0 Å². The van der Waals surface area contributed by atoms with Gasteiger partial charge < -0.3 is 0 Å². The monoisotopic (exact) mass is 217 g/mol. The van der Waals surface area contributed by atoms with Gasteiger partial charge in [0.1, 0.15) is 0 Å². The molecule has 0 aliphatic carbocycles. The van der Waals surface area contributed by atoms with Gasteiger partial charge >= 0.3 is 0 Å². The van der Waals surface area contributed by atoms with Crippen molar-refractivity contribution < 1.29 is 0 Å². The third kappa shape index (κ3) is 1.25. The molecule has 0 atom stereocenters. The molecule has 0 bridgehead atoms. The van der Waals surface area contributed by atoms with Crippen LogP contribution < -0.4 is 0 Å². The molecule has 3 aromatic rings. The van der Waals surface area contributed by atoms with Crippen molar-refractivity contribution in [3.63, 3.8) is 0 Å². The normalized spacial score (nSPS) is 10.9. The molecular weight excluding hydrogens is 210 g/mol. The van der Waals surface area contributed by atoms with Crippen LogP contribution in [0.15, 0.2) is 41.2 Å². The van der Waals surface area contributed by atoms with E-state index in [2.05, 4.69) is 40.7 Å². The summed E-state index contributed by atoms with van der Waals surface area (Å²) in [6, 6.07) is 10.6. The van der Waals surface area contributed by atoms with E-state index in [4.69, 9.17) is 0 Å². The molecule has 0 fully saturated rings. The van der Waals surface area contributed by atoms with Crippen LogP contribution in [0, 0.1) is 0 Å². The van der Waals surface area contributed by atoms with Crippen molar-refractivity contribution in [2.24, 2.45) is 0 Å². The predicted octanol–water partition coefficient (Wildman–Crippen LogP) is 4.02. The van der Waals surface area contributed by atoms with Crippen LogP contribution in [0.5, 0.6) is 0 Å². The van der Waals surface area contributed by atoms with Crippen molar-refractivity contribution in [1.82, 2.24) is 4.98 Å². The summed E-state index contributed by atoms with van der Waals surface area (Å²) in [5.41, 5.74) is 2.97. The summed E-state index contributed by atoms with van der Waals surface area (Å²) in [5.74, 6) is 0. The Bertz CT molecular complexity index is 518. The molecule has 0 saturated heterocycles. The standard InChI is InChI=1S/C11H7NS2/c1-2-4-10-8(3-1)5-11(14-10)9-6-13-7-12-9/h1-7H. The second kappa shape index (κ2) is 3.19. The molecule has 68 valence electrons. The smallest absolute Gasteiger partial charge is 0.0911 e. The predicted molar refractivity (Wildman–Crippen MR) is 62.9 cm³/mol. The minimum Gasteiger partial charge on any atom is -0.244 e. The maximum Gasteiger partial charge on any atom is 0.0911 e. The van der Waals surface area contributed by atoms with Gasteiger partial charge in [0.05, 0.1) is 16.1 Å². The Kier molecular flexibility index (Phi) is 1.85. The lowest BCUT2D eigenvalue weighted by atomic mass is 10.2. The summed E-state index contributed by atoms with van der Waals surface area (Å²) < 4.78 is 1.33. The molecule has 0 radical (unpaired) electrons. The molecule has 2 heterocycles. The zero-order valence-corrected chi connectivity index (χ0v) is 8.94. The molecule has 0 amide bonds. The Morgan fingerprint density at radius 3 is 2.86 bits per heavy atom. The Labute approximate surface area is 89.7 Å². The van der Waals surface area contributed by atoms with E-state index in [1.54, 1.807) is 22.7 Å². The van der Waals surface area contributed by atoms with Crippen molar-refractivity contribution in [3.8, 4) is 10.6 Å². The van der Waals surface area contributed by atoms with E-state index < -0.39 is 0 Å². The van der Waals surface area contributed by atoms with Crippen LogP contribution in [-0.4, -0.2) is 4.98 Å². The van der Waals surface area contributed by atoms with Crippen molar-refractivity contribution >= 4 is 32.8 Å². The number of thiazole rings is 1. The first kappa shape index (κ1) is 8.15. The van der Waals surface area contributed by atoms with Crippen molar-refractivity contribution in [2.45, 2.75) is 0 Å². The number of fused-ring (bicyclic) bond motifs is 1. The molecule has 1 nitrogen and oxygen atoms in total. The Balaban J connectivity index is 2.24. The topological polar surface area (TPSA) is 12.9 Å². The third-order valence-electron chi connectivity index (χ3n) is 2.11. The quantitative estimate of drug-likeness (QED) is 0.600. The Morgan fingerprint density at radius 2 is 2.07 bits per heavy atom. The van der Waals surface area contributed by atoms with Crippen LogP contribution in [0.2, 0.25) is 0 Å². The van der Waals surface area contributed by atoms with Gasteiger partial charge in [0.25, 0.3) is 0 Å². The fourth-order valence-electron chi connectivity index (χ4n) is 1.44. The number of benzene rings is 1. The van der Waals surface area contributed by atoms with Gasteiger partial charge in [-0.3, -0.25) is 0 Å². The van der Waals surface area contributed by atoms with Crippen molar-refractivity contribution in [3.05, 3.63) is 41.2 Å². The second-order valence-corrected chi connectivity index (χ2v) is 4.82. The maximum absolute atomic E-state index is 4.31. The van der Waals surface area contributed by atoms with Gasteiger partial charge in [-0.15, -0.1) is 22.7 Å². The zero-order valence-electron chi connectivity index (χ0n) is 7.31. The molecule has 0 unspecified atom stereocenters. The van der Waals surface area contributed by atoms with Gasteiger partial charge in [0.2, 0.25) is 0 Å². The number of thiophene rings is 1.